The Morgan fingerprint density at radius 2 is 2.14 bits per heavy atom. The predicted octanol–water partition coefficient (Wildman–Crippen LogP) is 3.08. The van der Waals surface area contributed by atoms with Gasteiger partial charge in [0.2, 0.25) is 0 Å². The van der Waals surface area contributed by atoms with Gasteiger partial charge in [0, 0.05) is 19.1 Å². The average Bonchev–Trinajstić information content (AvgIpc) is 3.30. The summed E-state index contributed by atoms with van der Waals surface area (Å²) in [6, 6.07) is 7.74. The topological polar surface area (TPSA) is 29.3 Å². The Morgan fingerprint density at radius 1 is 1.33 bits per heavy atom. The molecule has 1 heterocycles. The Kier molecular flexibility index (Phi) is 3.16. The van der Waals surface area contributed by atoms with Crippen LogP contribution in [0.4, 0.5) is 0 Å². The third-order valence-electron chi connectivity index (χ3n) is 6.61. The van der Waals surface area contributed by atoms with Crippen molar-refractivity contribution in [2.75, 3.05) is 13.1 Å². The molecular weight excluding hydrogens is 256 g/mol. The number of fused-ring (bicyclic) bond motifs is 4. The molecule has 2 bridgehead atoms. The maximum absolute atomic E-state index is 5.86. The molecule has 1 saturated heterocycles. The van der Waals surface area contributed by atoms with Crippen molar-refractivity contribution in [3.05, 3.63) is 34.9 Å². The van der Waals surface area contributed by atoms with Crippen molar-refractivity contribution in [2.24, 2.45) is 17.6 Å². The molecule has 3 atom stereocenters. The van der Waals surface area contributed by atoms with Crippen LogP contribution in [0.5, 0.6) is 0 Å². The maximum Gasteiger partial charge on any atom is 0.0178 e. The van der Waals surface area contributed by atoms with E-state index >= 15 is 0 Å². The van der Waals surface area contributed by atoms with E-state index in [9.17, 15) is 0 Å². The van der Waals surface area contributed by atoms with E-state index in [1.165, 1.54) is 44.3 Å². The SMILES string of the molecule is C[C@H]1C2Cc3ccc(CN)cc3[C@@]1(C)CCN2CC1CC1. The molecule has 0 spiro atoms. The lowest BCUT2D eigenvalue weighted by molar-refractivity contribution is 0.0284. The summed E-state index contributed by atoms with van der Waals surface area (Å²) < 4.78 is 0. The first-order valence-corrected chi connectivity index (χ1v) is 8.68. The van der Waals surface area contributed by atoms with Crippen LogP contribution in [0.3, 0.4) is 0 Å². The van der Waals surface area contributed by atoms with E-state index in [4.69, 9.17) is 5.73 Å². The second-order valence-corrected chi connectivity index (χ2v) is 7.86. The summed E-state index contributed by atoms with van der Waals surface area (Å²) in [7, 11) is 0. The Bertz CT molecular complexity index is 548. The van der Waals surface area contributed by atoms with Gasteiger partial charge in [0.15, 0.2) is 0 Å². The van der Waals surface area contributed by atoms with Crippen molar-refractivity contribution < 1.29 is 0 Å². The highest BCUT2D eigenvalue weighted by atomic mass is 15.2. The molecule has 2 N–H and O–H groups in total. The fourth-order valence-electron chi connectivity index (χ4n) is 4.74. The molecule has 2 fully saturated rings. The molecule has 1 saturated carbocycles. The largest absolute Gasteiger partial charge is 0.326 e. The minimum absolute atomic E-state index is 0.351. The van der Waals surface area contributed by atoms with Gasteiger partial charge in [0.1, 0.15) is 0 Å². The molecule has 2 aliphatic carbocycles. The van der Waals surface area contributed by atoms with E-state index in [0.717, 1.165) is 17.9 Å². The van der Waals surface area contributed by atoms with Gasteiger partial charge in [0.25, 0.3) is 0 Å². The molecule has 0 amide bonds. The van der Waals surface area contributed by atoms with Crippen LogP contribution in [0.15, 0.2) is 18.2 Å². The highest BCUT2D eigenvalue weighted by Gasteiger charge is 2.48. The minimum atomic E-state index is 0.351. The molecule has 0 radical (unpaired) electrons. The lowest BCUT2D eigenvalue weighted by atomic mass is 9.59. The lowest BCUT2D eigenvalue weighted by Gasteiger charge is -2.55. The van der Waals surface area contributed by atoms with Gasteiger partial charge in [-0.25, -0.2) is 0 Å². The van der Waals surface area contributed by atoms with E-state index < -0.39 is 0 Å². The molecule has 2 heteroatoms. The second kappa shape index (κ2) is 4.82. The standard InChI is InChI=1S/C19H28N2/c1-13-18-10-16-6-5-15(11-20)9-17(16)19(13,2)7-8-21(18)12-14-3-4-14/h5-6,9,13-14,18H,3-4,7-8,10-12,20H2,1-2H3/t13-,18?,19-/m0/s1. The fraction of sp³-hybridized carbons (Fsp3) is 0.684. The summed E-state index contributed by atoms with van der Waals surface area (Å²) in [6.45, 7) is 8.28. The quantitative estimate of drug-likeness (QED) is 0.924. The fourth-order valence-corrected chi connectivity index (χ4v) is 4.74. The number of benzene rings is 1. The van der Waals surface area contributed by atoms with Crippen molar-refractivity contribution in [3.8, 4) is 0 Å². The van der Waals surface area contributed by atoms with Crippen LogP contribution in [0.2, 0.25) is 0 Å². The van der Waals surface area contributed by atoms with E-state index in [2.05, 4.69) is 36.9 Å². The van der Waals surface area contributed by atoms with E-state index in [1.807, 2.05) is 0 Å². The van der Waals surface area contributed by atoms with E-state index in [0.29, 0.717) is 12.0 Å². The summed E-state index contributed by atoms with van der Waals surface area (Å²) >= 11 is 0. The summed E-state index contributed by atoms with van der Waals surface area (Å²) in [4.78, 5) is 2.81. The van der Waals surface area contributed by atoms with Crippen molar-refractivity contribution in [2.45, 2.75) is 57.5 Å². The molecule has 21 heavy (non-hydrogen) atoms. The van der Waals surface area contributed by atoms with E-state index in [-0.39, 0.29) is 0 Å². The highest BCUT2D eigenvalue weighted by Crippen LogP contribution is 2.49. The first-order chi connectivity index (χ1) is 10.1. The van der Waals surface area contributed by atoms with Crippen molar-refractivity contribution in [3.63, 3.8) is 0 Å². The number of hydrogen-bond donors (Lipinski definition) is 1. The molecule has 3 aliphatic rings. The summed E-state index contributed by atoms with van der Waals surface area (Å²) in [5, 5.41) is 0. The number of piperidine rings is 1. The van der Waals surface area contributed by atoms with Gasteiger partial charge in [-0.1, -0.05) is 32.0 Å². The number of likely N-dealkylation sites (tertiary alicyclic amines) is 1. The van der Waals surface area contributed by atoms with E-state index in [1.54, 1.807) is 11.1 Å². The predicted molar refractivity (Wildman–Crippen MR) is 87.3 cm³/mol. The van der Waals surface area contributed by atoms with Crippen LogP contribution in [-0.2, 0) is 18.4 Å². The molecule has 1 aromatic carbocycles. The third-order valence-corrected chi connectivity index (χ3v) is 6.61. The number of nitrogens with zero attached hydrogens (tertiary/aromatic N) is 1. The van der Waals surface area contributed by atoms with Crippen LogP contribution in [0.25, 0.3) is 0 Å². The monoisotopic (exact) mass is 284 g/mol. The molecule has 2 nitrogen and oxygen atoms in total. The molecule has 0 aromatic heterocycles. The van der Waals surface area contributed by atoms with Gasteiger partial charge < -0.3 is 5.73 Å². The minimum Gasteiger partial charge on any atom is -0.326 e. The molecule has 1 unspecified atom stereocenters. The molecule has 1 aromatic rings. The van der Waals surface area contributed by atoms with Crippen molar-refractivity contribution >= 4 is 0 Å². The second-order valence-electron chi connectivity index (χ2n) is 7.86. The van der Waals surface area contributed by atoms with Gasteiger partial charge in [0.05, 0.1) is 0 Å². The normalized spacial score (nSPS) is 35.6. The molecule has 114 valence electrons. The first kappa shape index (κ1) is 13.8. The number of nitrogens with two attached hydrogens (primary N) is 1. The highest BCUT2D eigenvalue weighted by molar-refractivity contribution is 5.42. The molecule has 4 rings (SSSR count). The Hall–Kier alpha value is -0.860. The summed E-state index contributed by atoms with van der Waals surface area (Å²) in [6.07, 6.45) is 5.47. The molecular formula is C19H28N2. The van der Waals surface area contributed by atoms with Gasteiger partial charge in [-0.2, -0.15) is 0 Å². The zero-order chi connectivity index (χ0) is 14.6. The lowest BCUT2D eigenvalue weighted by Crippen LogP contribution is -2.58. The summed E-state index contributed by atoms with van der Waals surface area (Å²) in [5.74, 6) is 1.76. The first-order valence-electron chi connectivity index (χ1n) is 8.68. The zero-order valence-electron chi connectivity index (χ0n) is 13.4. The summed E-state index contributed by atoms with van der Waals surface area (Å²) in [5.41, 5.74) is 10.7. The third kappa shape index (κ3) is 2.15. The Balaban J connectivity index is 1.70. The van der Waals surface area contributed by atoms with Crippen molar-refractivity contribution in [1.82, 2.24) is 4.90 Å². The van der Waals surface area contributed by atoms with Crippen LogP contribution in [-0.4, -0.2) is 24.0 Å². The smallest absolute Gasteiger partial charge is 0.0178 e. The van der Waals surface area contributed by atoms with Crippen LogP contribution >= 0.6 is 0 Å². The number of hydrogen-bond acceptors (Lipinski definition) is 2. The zero-order valence-corrected chi connectivity index (χ0v) is 13.4. The number of rotatable bonds is 3. The Morgan fingerprint density at radius 3 is 2.86 bits per heavy atom. The van der Waals surface area contributed by atoms with Gasteiger partial charge in [-0.3, -0.25) is 4.90 Å². The van der Waals surface area contributed by atoms with Crippen LogP contribution < -0.4 is 5.73 Å². The van der Waals surface area contributed by atoms with Gasteiger partial charge in [-0.15, -0.1) is 0 Å². The van der Waals surface area contributed by atoms with Crippen molar-refractivity contribution in [1.29, 1.82) is 0 Å². The van der Waals surface area contributed by atoms with Crippen LogP contribution in [0.1, 0.15) is 49.8 Å². The average molecular weight is 284 g/mol. The van der Waals surface area contributed by atoms with Gasteiger partial charge in [-0.05, 0) is 66.2 Å². The maximum atomic E-state index is 5.86. The van der Waals surface area contributed by atoms with Gasteiger partial charge >= 0.3 is 0 Å². The van der Waals surface area contributed by atoms with Crippen LogP contribution in [0, 0.1) is 11.8 Å². The molecule has 1 aliphatic heterocycles. The Labute approximate surface area is 128 Å².